The highest BCUT2D eigenvalue weighted by Gasteiger charge is 2.67. The smallest absolute Gasteiger partial charge is 0.296 e. The van der Waals surface area contributed by atoms with Crippen molar-refractivity contribution in [2.45, 2.75) is 31.4 Å². The molecule has 2 saturated heterocycles. The van der Waals surface area contributed by atoms with Crippen LogP contribution in [0.25, 0.3) is 5.76 Å². The fourth-order valence-electron chi connectivity index (χ4n) is 5.47. The zero-order valence-corrected chi connectivity index (χ0v) is 20.3. The number of aliphatic hydroxyl groups excluding tert-OH is 1. The second-order valence-corrected chi connectivity index (χ2v) is 9.28. The lowest BCUT2D eigenvalue weighted by Gasteiger charge is -2.35. The molecule has 1 N–H and O–H groups in total. The van der Waals surface area contributed by atoms with Crippen LogP contribution in [0.1, 0.15) is 29.5 Å². The zero-order valence-electron chi connectivity index (χ0n) is 20.3. The third-order valence-electron chi connectivity index (χ3n) is 7.15. The van der Waals surface area contributed by atoms with E-state index in [0.717, 1.165) is 18.4 Å². The van der Waals surface area contributed by atoms with Gasteiger partial charge in [0, 0.05) is 37.0 Å². The summed E-state index contributed by atoms with van der Waals surface area (Å²) in [5.41, 5.74) is 0.0931. The van der Waals surface area contributed by atoms with Crippen LogP contribution in [0.4, 0.5) is 5.69 Å². The lowest BCUT2D eigenvalue weighted by molar-refractivity contribution is -0.145. The fraction of sp³-hybridized carbons (Fsp3) is 0.321. The largest absolute Gasteiger partial charge is 0.507 e. The highest BCUT2D eigenvalue weighted by atomic mass is 16.5. The summed E-state index contributed by atoms with van der Waals surface area (Å²) in [6.45, 7) is 6.41. The average Bonchev–Trinajstić information content (AvgIpc) is 3.53. The van der Waals surface area contributed by atoms with Crippen molar-refractivity contribution < 1.29 is 29.0 Å². The van der Waals surface area contributed by atoms with Crippen molar-refractivity contribution >= 4 is 29.0 Å². The van der Waals surface area contributed by atoms with Crippen LogP contribution < -0.4 is 9.64 Å². The second kappa shape index (κ2) is 8.95. The van der Waals surface area contributed by atoms with Crippen molar-refractivity contribution in [3.05, 3.63) is 77.4 Å². The van der Waals surface area contributed by atoms with Gasteiger partial charge in [-0.3, -0.25) is 14.4 Å². The van der Waals surface area contributed by atoms with Gasteiger partial charge in [0.15, 0.2) is 5.54 Å². The number of hydrogen-bond acceptors (Lipinski definition) is 6. The molecule has 8 heteroatoms. The van der Waals surface area contributed by atoms with Crippen LogP contribution in [0, 0.1) is 6.92 Å². The van der Waals surface area contributed by atoms with Crippen molar-refractivity contribution in [2.75, 3.05) is 31.7 Å². The molecule has 8 nitrogen and oxygen atoms in total. The minimum atomic E-state index is -1.78. The molecule has 3 heterocycles. The molecule has 1 spiro atoms. The molecule has 5 rings (SSSR count). The first kappa shape index (κ1) is 23.8. The summed E-state index contributed by atoms with van der Waals surface area (Å²) in [6, 6.07) is 12.0. The molecule has 2 fully saturated rings. The number of aryl methyl sites for hydroxylation is 1. The maximum atomic E-state index is 14.0. The first-order valence-electron chi connectivity index (χ1n) is 12.0. The monoisotopic (exact) mass is 488 g/mol. The van der Waals surface area contributed by atoms with E-state index in [1.54, 1.807) is 55.6 Å². The van der Waals surface area contributed by atoms with Gasteiger partial charge in [-0.15, -0.1) is 0 Å². The van der Waals surface area contributed by atoms with E-state index >= 15 is 0 Å². The van der Waals surface area contributed by atoms with E-state index in [2.05, 4.69) is 6.58 Å². The van der Waals surface area contributed by atoms with Crippen LogP contribution in [-0.4, -0.2) is 60.5 Å². The Morgan fingerprint density at radius 2 is 2.03 bits per heavy atom. The van der Waals surface area contributed by atoms with Crippen molar-refractivity contribution in [3.8, 4) is 5.75 Å². The first-order valence-corrected chi connectivity index (χ1v) is 12.0. The standard InChI is InChI=1S/C28H28N2O6/c1-4-13-36-22-12-11-18(15-17(22)2)24(31)23-25(32)26(33)30(16-19-8-7-14-35-19)28(23)20-9-5-6-10-21(20)29(3)27(28)34/h4-6,9-12,15,19,31H,1,7-8,13-14,16H2,2-3H3/t19-,28-/m0/s1. The summed E-state index contributed by atoms with van der Waals surface area (Å²) >= 11 is 0. The molecule has 0 unspecified atom stereocenters. The number of rotatable bonds is 6. The Labute approximate surface area is 209 Å². The number of aliphatic hydroxyl groups is 1. The maximum Gasteiger partial charge on any atom is 0.296 e. The Balaban J connectivity index is 1.72. The summed E-state index contributed by atoms with van der Waals surface area (Å²) in [5.74, 6) is -1.99. The van der Waals surface area contributed by atoms with Gasteiger partial charge in [0.05, 0.1) is 11.7 Å². The quantitative estimate of drug-likeness (QED) is 0.290. The summed E-state index contributed by atoms with van der Waals surface area (Å²) in [7, 11) is 1.61. The fourth-order valence-corrected chi connectivity index (χ4v) is 5.47. The second-order valence-electron chi connectivity index (χ2n) is 9.28. The molecule has 2 amide bonds. The topological polar surface area (TPSA) is 96.4 Å². The van der Waals surface area contributed by atoms with Gasteiger partial charge in [0.2, 0.25) is 0 Å². The van der Waals surface area contributed by atoms with Crippen LogP contribution in [-0.2, 0) is 24.7 Å². The van der Waals surface area contributed by atoms with Gasteiger partial charge < -0.3 is 24.4 Å². The third kappa shape index (κ3) is 3.36. The maximum absolute atomic E-state index is 14.0. The molecule has 36 heavy (non-hydrogen) atoms. The summed E-state index contributed by atoms with van der Waals surface area (Å²) in [6.07, 6.45) is 2.89. The molecule has 2 aromatic rings. The summed E-state index contributed by atoms with van der Waals surface area (Å²) < 4.78 is 11.4. The number of hydrogen-bond donors (Lipinski definition) is 1. The number of benzene rings is 2. The van der Waals surface area contributed by atoms with Crippen LogP contribution in [0.3, 0.4) is 0 Å². The number of para-hydroxylation sites is 1. The normalized spacial score (nSPS) is 24.6. The highest BCUT2D eigenvalue weighted by molar-refractivity contribution is 6.50. The van der Waals surface area contributed by atoms with Crippen LogP contribution in [0.15, 0.2) is 60.7 Å². The Morgan fingerprint density at radius 1 is 1.25 bits per heavy atom. The van der Waals surface area contributed by atoms with Gasteiger partial charge in [0.1, 0.15) is 18.1 Å². The summed E-state index contributed by atoms with van der Waals surface area (Å²) in [4.78, 5) is 43.8. The van der Waals surface area contributed by atoms with Crippen LogP contribution in [0.5, 0.6) is 5.75 Å². The lowest BCUT2D eigenvalue weighted by Crippen LogP contribution is -2.53. The van der Waals surface area contributed by atoms with Gasteiger partial charge in [0.25, 0.3) is 17.6 Å². The predicted molar refractivity (Wildman–Crippen MR) is 134 cm³/mol. The van der Waals surface area contributed by atoms with E-state index < -0.39 is 28.9 Å². The predicted octanol–water partition coefficient (Wildman–Crippen LogP) is 3.29. The Hall–Kier alpha value is -3.91. The minimum absolute atomic E-state index is 0.0721. The molecule has 2 atom stereocenters. The molecule has 2 aromatic carbocycles. The van der Waals surface area contributed by atoms with Gasteiger partial charge in [-0.05, 0) is 49.6 Å². The number of nitrogens with zero attached hydrogens (tertiary/aromatic N) is 2. The molecule has 3 aliphatic heterocycles. The molecule has 0 saturated carbocycles. The van der Waals surface area contributed by atoms with Crippen molar-refractivity contribution in [1.29, 1.82) is 0 Å². The van der Waals surface area contributed by atoms with E-state index in [-0.39, 0.29) is 18.2 Å². The van der Waals surface area contributed by atoms with E-state index in [1.807, 2.05) is 6.92 Å². The number of likely N-dealkylation sites (N-methyl/N-ethyl adjacent to an activating group) is 1. The summed E-state index contributed by atoms with van der Waals surface area (Å²) in [5, 5.41) is 11.6. The number of fused-ring (bicyclic) bond motifs is 2. The van der Waals surface area contributed by atoms with E-state index in [0.29, 0.717) is 35.8 Å². The van der Waals surface area contributed by atoms with E-state index in [1.165, 1.54) is 9.80 Å². The van der Waals surface area contributed by atoms with E-state index in [4.69, 9.17) is 9.47 Å². The van der Waals surface area contributed by atoms with Crippen LogP contribution in [0.2, 0.25) is 0 Å². The molecule has 0 bridgehead atoms. The number of carbonyl (C=O) groups is 3. The number of ether oxygens (including phenoxy) is 2. The number of ketones is 1. The average molecular weight is 489 g/mol. The van der Waals surface area contributed by atoms with Gasteiger partial charge in [-0.25, -0.2) is 0 Å². The minimum Gasteiger partial charge on any atom is -0.507 e. The lowest BCUT2D eigenvalue weighted by atomic mass is 9.81. The van der Waals surface area contributed by atoms with E-state index in [9.17, 15) is 19.5 Å². The molecule has 186 valence electrons. The Bertz CT molecular complexity index is 1310. The number of likely N-dealkylation sites (tertiary alicyclic amines) is 1. The molecule has 0 aliphatic carbocycles. The molecule has 3 aliphatic rings. The van der Waals surface area contributed by atoms with Crippen molar-refractivity contribution in [1.82, 2.24) is 4.90 Å². The van der Waals surface area contributed by atoms with Gasteiger partial charge in [-0.1, -0.05) is 30.9 Å². The number of Topliss-reactive ketones (excluding diaryl/α,β-unsaturated/α-hetero) is 1. The highest BCUT2D eigenvalue weighted by Crippen LogP contribution is 2.53. The third-order valence-corrected chi connectivity index (χ3v) is 7.15. The number of carbonyl (C=O) groups excluding carboxylic acids is 3. The molecule has 0 aromatic heterocycles. The Morgan fingerprint density at radius 3 is 2.72 bits per heavy atom. The van der Waals surface area contributed by atoms with Crippen molar-refractivity contribution in [2.24, 2.45) is 0 Å². The first-order chi connectivity index (χ1) is 17.3. The van der Waals surface area contributed by atoms with Crippen molar-refractivity contribution in [3.63, 3.8) is 0 Å². The molecular weight excluding hydrogens is 460 g/mol. The molecule has 0 radical (unpaired) electrons. The SMILES string of the molecule is C=CCOc1ccc(C(O)=C2C(=O)C(=O)N(C[C@@H]3CCCO3)[C@]23C(=O)N(C)c2ccccc23)cc1C. The number of anilines is 1. The number of amides is 2. The molecular formula is C28H28N2O6. The Kier molecular flexibility index (Phi) is 5.92. The van der Waals surface area contributed by atoms with Crippen LogP contribution >= 0.6 is 0 Å². The van der Waals surface area contributed by atoms with Gasteiger partial charge >= 0.3 is 0 Å². The zero-order chi connectivity index (χ0) is 25.6. The van der Waals surface area contributed by atoms with Gasteiger partial charge in [-0.2, -0.15) is 0 Å².